The Hall–Kier alpha value is -3.50. The molecule has 308 valence electrons. The summed E-state index contributed by atoms with van der Waals surface area (Å²) in [5, 5.41) is 45.0. The number of nitrogens with zero attached hydrogens (tertiary/aromatic N) is 2. The highest BCUT2D eigenvalue weighted by Crippen LogP contribution is 2.48. The van der Waals surface area contributed by atoms with Gasteiger partial charge >= 0.3 is 0 Å². The number of carbonyl (C=O) groups is 1. The van der Waals surface area contributed by atoms with Crippen LogP contribution < -0.4 is 15.5 Å². The Bertz CT molecular complexity index is 1690. The molecule has 1 fully saturated rings. The maximum Gasteiger partial charge on any atom is 0.220 e. The molecule has 2 aromatic rings. The zero-order chi connectivity index (χ0) is 40.3. The van der Waals surface area contributed by atoms with Gasteiger partial charge in [-0.2, -0.15) is 4.58 Å². The predicted molar refractivity (Wildman–Crippen MR) is 215 cm³/mol. The molecular formula is C43H63N4O9+. The quantitative estimate of drug-likeness (QED) is 0.0816. The lowest BCUT2D eigenvalue weighted by molar-refractivity contribution is -0.401. The first kappa shape index (κ1) is 43.6. The molecule has 0 unspecified atom stereocenters. The van der Waals surface area contributed by atoms with Crippen molar-refractivity contribution < 1.29 is 48.7 Å². The summed E-state index contributed by atoms with van der Waals surface area (Å²) in [7, 11) is 2.15. The van der Waals surface area contributed by atoms with Gasteiger partial charge in [-0.3, -0.25) is 4.79 Å². The van der Waals surface area contributed by atoms with E-state index in [2.05, 4.69) is 122 Å². The van der Waals surface area contributed by atoms with E-state index in [0.29, 0.717) is 52.5 Å². The lowest BCUT2D eigenvalue weighted by atomic mass is 9.81. The second-order valence-corrected chi connectivity index (χ2v) is 15.6. The number of nitrogens with one attached hydrogen (secondary N) is 2. The number of rotatable bonds is 21. The van der Waals surface area contributed by atoms with Crippen LogP contribution in [0.1, 0.15) is 58.1 Å². The minimum absolute atomic E-state index is 0.0219. The van der Waals surface area contributed by atoms with Gasteiger partial charge in [0.2, 0.25) is 11.6 Å². The Balaban J connectivity index is 0.943. The summed E-state index contributed by atoms with van der Waals surface area (Å²) in [6.07, 6.45) is 2.43. The van der Waals surface area contributed by atoms with Gasteiger partial charge in [0, 0.05) is 67.1 Å². The molecule has 13 heteroatoms. The van der Waals surface area contributed by atoms with Crippen LogP contribution in [-0.4, -0.2) is 140 Å². The molecule has 5 atom stereocenters. The van der Waals surface area contributed by atoms with Crippen molar-refractivity contribution in [1.82, 2.24) is 10.6 Å². The van der Waals surface area contributed by atoms with Gasteiger partial charge in [0.15, 0.2) is 12.0 Å². The van der Waals surface area contributed by atoms with Crippen LogP contribution in [0.3, 0.4) is 0 Å². The van der Waals surface area contributed by atoms with Gasteiger partial charge < -0.3 is 54.9 Å². The maximum absolute atomic E-state index is 12.6. The standard InChI is InChI=1S/C43H62N4O9/c1-42(2)30-13-6-8-15-32(30)46(5)35(42)17-12-18-36-43(3,4)31-14-7-9-16-33(31)47(36)23-11-10-19-37(49)45-22-25-54-28-27-53-24-20-44-21-26-55-41-40(52)39(51)38(50)34(29-48)56-41/h6-9,12-18,34,38-41,44,48,50-52H,10-11,19-29H2,1-5H3/p+1/t34-,38-,39+,40-,41-/m1/s1. The molecule has 56 heavy (non-hydrogen) atoms. The van der Waals surface area contributed by atoms with Crippen LogP contribution in [-0.2, 0) is 34.6 Å². The second-order valence-electron chi connectivity index (χ2n) is 15.6. The molecule has 0 aromatic heterocycles. The number of benzene rings is 2. The molecule has 0 radical (unpaired) electrons. The number of anilines is 1. The van der Waals surface area contributed by atoms with Gasteiger partial charge in [-0.15, -0.1) is 0 Å². The SMILES string of the molecule is C[N+]1=C(C=CC=C2N(CCCCC(=O)NCCOCCOCCNCCO[C@@H]3O[C@H](CO)[C@@H](O)[C@H](O)[C@H]3O)c3ccccc3C2(C)C)C(C)(C)c2ccccc21. The molecule has 0 saturated carbocycles. The summed E-state index contributed by atoms with van der Waals surface area (Å²) < 4.78 is 24.2. The van der Waals surface area contributed by atoms with Crippen molar-refractivity contribution in [2.24, 2.45) is 0 Å². The molecule has 0 bridgehead atoms. The van der Waals surface area contributed by atoms with Crippen molar-refractivity contribution in [2.75, 3.05) is 77.8 Å². The lowest BCUT2D eigenvalue weighted by Crippen LogP contribution is -2.59. The third kappa shape index (κ3) is 10.3. The molecule has 2 aromatic carbocycles. The van der Waals surface area contributed by atoms with E-state index < -0.39 is 37.3 Å². The Labute approximate surface area is 331 Å². The molecule has 3 heterocycles. The monoisotopic (exact) mass is 779 g/mol. The van der Waals surface area contributed by atoms with E-state index >= 15 is 0 Å². The van der Waals surface area contributed by atoms with Crippen molar-refractivity contribution in [1.29, 1.82) is 0 Å². The number of hydrogen-bond donors (Lipinski definition) is 6. The van der Waals surface area contributed by atoms with Crippen LogP contribution in [0.15, 0.2) is 72.5 Å². The largest absolute Gasteiger partial charge is 0.394 e. The van der Waals surface area contributed by atoms with Crippen LogP contribution in [0.5, 0.6) is 0 Å². The molecule has 0 aliphatic carbocycles. The first-order valence-corrected chi connectivity index (χ1v) is 19.9. The van der Waals surface area contributed by atoms with Crippen LogP contribution in [0, 0.1) is 0 Å². The van der Waals surface area contributed by atoms with Crippen molar-refractivity contribution in [2.45, 2.75) is 88.5 Å². The van der Waals surface area contributed by atoms with E-state index in [4.69, 9.17) is 18.9 Å². The number of amides is 1. The smallest absolute Gasteiger partial charge is 0.220 e. The van der Waals surface area contributed by atoms with E-state index in [-0.39, 0.29) is 23.3 Å². The van der Waals surface area contributed by atoms with Crippen molar-refractivity contribution in [3.63, 3.8) is 0 Å². The van der Waals surface area contributed by atoms with Crippen molar-refractivity contribution in [3.8, 4) is 0 Å². The number of fused-ring (bicyclic) bond motifs is 2. The maximum atomic E-state index is 12.6. The van der Waals surface area contributed by atoms with Gasteiger partial charge in [-0.1, -0.05) is 56.3 Å². The average Bonchev–Trinajstić information content (AvgIpc) is 3.52. The summed E-state index contributed by atoms with van der Waals surface area (Å²) >= 11 is 0. The third-order valence-corrected chi connectivity index (χ3v) is 11.1. The summed E-state index contributed by atoms with van der Waals surface area (Å²) in [6, 6.07) is 17.3. The number of allylic oxidation sites excluding steroid dienone is 4. The van der Waals surface area contributed by atoms with Gasteiger partial charge in [0.25, 0.3) is 0 Å². The fraction of sp³-hybridized carbons (Fsp3) is 0.581. The molecular weight excluding hydrogens is 716 g/mol. The number of aliphatic hydroxyl groups is 4. The average molecular weight is 780 g/mol. The zero-order valence-electron chi connectivity index (χ0n) is 33.7. The van der Waals surface area contributed by atoms with E-state index in [0.717, 1.165) is 19.4 Å². The fourth-order valence-electron chi connectivity index (χ4n) is 7.86. The number of para-hydroxylation sites is 2. The third-order valence-electron chi connectivity index (χ3n) is 11.1. The van der Waals surface area contributed by atoms with Crippen LogP contribution >= 0.6 is 0 Å². The Morgan fingerprint density at radius 1 is 0.857 bits per heavy atom. The zero-order valence-corrected chi connectivity index (χ0v) is 33.7. The lowest BCUT2D eigenvalue weighted by Gasteiger charge is -2.39. The Morgan fingerprint density at radius 2 is 1.54 bits per heavy atom. The first-order chi connectivity index (χ1) is 26.9. The highest BCUT2D eigenvalue weighted by Gasteiger charge is 2.45. The number of unbranched alkanes of at least 4 members (excludes halogenated alkanes) is 1. The molecule has 13 nitrogen and oxygen atoms in total. The summed E-state index contributed by atoms with van der Waals surface area (Å²) in [5.41, 5.74) is 7.44. The Morgan fingerprint density at radius 3 is 2.27 bits per heavy atom. The predicted octanol–water partition coefficient (Wildman–Crippen LogP) is 2.66. The highest BCUT2D eigenvalue weighted by atomic mass is 16.7. The first-order valence-electron chi connectivity index (χ1n) is 19.9. The summed E-state index contributed by atoms with van der Waals surface area (Å²) in [5.74, 6) is 0.0219. The van der Waals surface area contributed by atoms with Crippen molar-refractivity contribution >= 4 is 23.0 Å². The molecule has 0 spiro atoms. The van der Waals surface area contributed by atoms with E-state index in [9.17, 15) is 25.2 Å². The number of carbonyl (C=O) groups excluding carboxylic acids is 1. The van der Waals surface area contributed by atoms with Crippen LogP contribution in [0.4, 0.5) is 11.4 Å². The molecule has 5 rings (SSSR count). The molecule has 3 aliphatic heterocycles. The molecule has 1 amide bonds. The number of hydrogen-bond acceptors (Lipinski definition) is 11. The van der Waals surface area contributed by atoms with E-state index in [1.165, 1.54) is 33.9 Å². The highest BCUT2D eigenvalue weighted by molar-refractivity contribution is 6.03. The fourth-order valence-corrected chi connectivity index (χ4v) is 7.86. The second kappa shape index (κ2) is 20.3. The molecule has 6 N–H and O–H groups in total. The summed E-state index contributed by atoms with van der Waals surface area (Å²) in [4.78, 5) is 15.0. The minimum atomic E-state index is -1.46. The van der Waals surface area contributed by atoms with E-state index in [1.807, 2.05) is 0 Å². The van der Waals surface area contributed by atoms with Gasteiger partial charge in [0.05, 0.1) is 45.1 Å². The normalized spacial score (nSPS) is 24.6. The van der Waals surface area contributed by atoms with Crippen LogP contribution in [0.25, 0.3) is 0 Å². The van der Waals surface area contributed by atoms with Gasteiger partial charge in [0.1, 0.15) is 31.5 Å². The van der Waals surface area contributed by atoms with E-state index in [1.54, 1.807) is 0 Å². The molecule has 3 aliphatic rings. The topological polar surface area (TPSA) is 165 Å². The van der Waals surface area contributed by atoms with Gasteiger partial charge in [-0.25, -0.2) is 0 Å². The number of ether oxygens (including phenoxy) is 4. The van der Waals surface area contributed by atoms with Crippen molar-refractivity contribution in [3.05, 3.63) is 83.6 Å². The van der Waals surface area contributed by atoms with Crippen LogP contribution in [0.2, 0.25) is 0 Å². The minimum Gasteiger partial charge on any atom is -0.394 e. The number of aliphatic hydroxyl groups excluding tert-OH is 4. The summed E-state index contributed by atoms with van der Waals surface area (Å²) in [6.45, 7) is 12.8. The van der Waals surface area contributed by atoms with Gasteiger partial charge in [-0.05, 0) is 44.4 Å². The molecule has 1 saturated heterocycles. The Kier molecular flexibility index (Phi) is 15.8.